The minimum absolute atomic E-state index is 0. The van der Waals surface area contributed by atoms with Crippen molar-refractivity contribution in [2.75, 3.05) is 17.8 Å². The van der Waals surface area contributed by atoms with Crippen LogP contribution in [0, 0.1) is 0 Å². The van der Waals surface area contributed by atoms with Crippen LogP contribution in [0.15, 0.2) is 132 Å². The number of halogens is 1. The van der Waals surface area contributed by atoms with Crippen LogP contribution in [0.5, 0.6) is 17.2 Å². The number of hydrogen-bond donors (Lipinski definition) is 5. The number of anilines is 2. The zero-order chi connectivity index (χ0) is 43.6. The van der Waals surface area contributed by atoms with E-state index in [1.807, 2.05) is 108 Å². The number of aromatic amines is 1. The smallest absolute Gasteiger partial charge is 0.261 e. The van der Waals surface area contributed by atoms with E-state index in [4.69, 9.17) is 6.11 Å². The average Bonchev–Trinajstić information content (AvgIpc) is 3.20. The van der Waals surface area contributed by atoms with Gasteiger partial charge in [-0.05, 0) is 63.9 Å². The van der Waals surface area contributed by atoms with Crippen LogP contribution in [-0.2, 0) is 17.4 Å². The molecule has 0 fully saturated rings. The number of fused-ring (bicyclic) bond motifs is 2. The highest BCUT2D eigenvalue weighted by Crippen LogP contribution is 2.35. The quantitative estimate of drug-likeness (QED) is 0.107. The van der Waals surface area contributed by atoms with Crippen LogP contribution in [0.1, 0.15) is 87.7 Å². The van der Waals surface area contributed by atoms with Crippen LogP contribution >= 0.6 is 0 Å². The first-order valence-corrected chi connectivity index (χ1v) is 18.8. The minimum atomic E-state index is -1.00. The van der Waals surface area contributed by atoms with Gasteiger partial charge in [0.25, 0.3) is 11.8 Å². The number of amides is 2. The number of rotatable bonds is 7. The van der Waals surface area contributed by atoms with Gasteiger partial charge in [0.15, 0.2) is 0 Å². The molecule has 0 radical (unpaired) electrons. The monoisotopic (exact) mass is 813 g/mol. The molecule has 0 atom stereocenters. The third-order valence-electron chi connectivity index (χ3n) is 9.36. The molecular formula is C49H53FN4O6. The first-order valence-electron chi connectivity index (χ1n) is 19.5. The fourth-order valence-electron chi connectivity index (χ4n) is 6.38. The lowest BCUT2D eigenvalue weighted by Gasteiger charge is -2.21. The Kier molecular flexibility index (Phi) is 14.4. The van der Waals surface area contributed by atoms with E-state index < -0.39 is 13.1 Å². The van der Waals surface area contributed by atoms with Gasteiger partial charge in [-0.15, -0.1) is 0 Å². The highest BCUT2D eigenvalue weighted by molar-refractivity contribution is 6.09. The number of carbonyl (C=O) groups excluding carboxylic acids is 2. The van der Waals surface area contributed by atoms with E-state index in [2.05, 4.69) is 20.6 Å². The van der Waals surface area contributed by atoms with Gasteiger partial charge in [-0.3, -0.25) is 23.8 Å². The summed E-state index contributed by atoms with van der Waals surface area (Å²) in [6.07, 6.45) is 2.94. The van der Waals surface area contributed by atoms with Crippen molar-refractivity contribution in [3.05, 3.63) is 166 Å². The van der Waals surface area contributed by atoms with Crippen molar-refractivity contribution in [2.24, 2.45) is 0 Å². The Morgan fingerprint density at radius 3 is 1.78 bits per heavy atom. The summed E-state index contributed by atoms with van der Waals surface area (Å²) < 4.78 is 21.6. The fraction of sp³-hybridized carbons (Fsp3) is 0.224. The molecule has 0 aliphatic rings. The maximum absolute atomic E-state index is 13.2. The van der Waals surface area contributed by atoms with E-state index in [9.17, 15) is 29.0 Å². The number of phenolic OH excluding ortho intramolecular Hbond substituents is 2. The van der Waals surface area contributed by atoms with Crippen molar-refractivity contribution in [2.45, 2.75) is 66.4 Å². The van der Waals surface area contributed by atoms with Crippen molar-refractivity contribution in [1.29, 1.82) is 0 Å². The number of phenols is 2. The first kappa shape index (κ1) is 44.1. The highest BCUT2D eigenvalue weighted by Gasteiger charge is 2.22. The Balaban J connectivity index is 0.000000255. The number of alkyl halides is 1. The molecule has 11 heteroatoms. The van der Waals surface area contributed by atoms with Crippen LogP contribution < -0.4 is 20.8 Å². The summed E-state index contributed by atoms with van der Waals surface area (Å²) in [4.78, 5) is 45.5. The summed E-state index contributed by atoms with van der Waals surface area (Å²) in [7, 11) is -1.00. The molecule has 10 nitrogen and oxygen atoms in total. The molecule has 60 heavy (non-hydrogen) atoms. The molecule has 5 aromatic carbocycles. The van der Waals surface area contributed by atoms with Crippen molar-refractivity contribution in [1.82, 2.24) is 9.97 Å². The van der Waals surface area contributed by atoms with E-state index in [1.165, 1.54) is 18.5 Å². The van der Waals surface area contributed by atoms with Gasteiger partial charge in [0, 0.05) is 52.2 Å². The number of aromatic nitrogens is 2. The molecular weight excluding hydrogens is 760 g/mol. The van der Waals surface area contributed by atoms with Gasteiger partial charge < -0.3 is 30.6 Å². The molecule has 0 saturated heterocycles. The third-order valence-corrected chi connectivity index (χ3v) is 9.36. The van der Waals surface area contributed by atoms with Crippen LogP contribution in [-0.4, -0.2) is 39.1 Å². The SMILES string of the molecule is C.CC(C)(C)c1ccc(NC(=O)c2c[nH]c3ccccc3c2=O)cc1O.CC(C)(C)c1ccc(NC(=O)c2cnc3ccccc3c2OCc2ccccc2)cc1O.[2H]CF. The van der Waals surface area contributed by atoms with Crippen LogP contribution in [0.3, 0.4) is 0 Å². The number of nitrogens with zero attached hydrogens (tertiary/aromatic N) is 1. The molecule has 0 spiro atoms. The van der Waals surface area contributed by atoms with Crippen LogP contribution in [0.25, 0.3) is 21.8 Å². The van der Waals surface area contributed by atoms with E-state index in [0.717, 1.165) is 27.6 Å². The first-order chi connectivity index (χ1) is 28.5. The molecule has 0 aliphatic heterocycles. The summed E-state index contributed by atoms with van der Waals surface area (Å²) in [5.74, 6) is -0.137. The topological polar surface area (TPSA) is 154 Å². The van der Waals surface area contributed by atoms with E-state index in [-0.39, 0.29) is 46.7 Å². The number of para-hydroxylation sites is 2. The number of nitrogens with one attached hydrogen (secondary N) is 3. The van der Waals surface area contributed by atoms with E-state index in [1.54, 1.807) is 42.5 Å². The van der Waals surface area contributed by atoms with Crippen LogP contribution in [0.4, 0.5) is 15.8 Å². The Bertz CT molecular complexity index is 2670. The predicted octanol–water partition coefficient (Wildman–Crippen LogP) is 11.1. The van der Waals surface area contributed by atoms with Gasteiger partial charge in [-0.2, -0.15) is 0 Å². The zero-order valence-electron chi connectivity index (χ0n) is 34.9. The molecule has 0 bridgehead atoms. The number of carbonyl (C=O) groups is 2. The van der Waals surface area contributed by atoms with Gasteiger partial charge in [0.1, 0.15) is 35.0 Å². The Labute approximate surface area is 351 Å². The number of ether oxygens (including phenoxy) is 1. The molecule has 2 heterocycles. The lowest BCUT2D eigenvalue weighted by Crippen LogP contribution is -2.22. The van der Waals surface area contributed by atoms with Gasteiger partial charge in [-0.1, -0.05) is 116 Å². The second-order valence-corrected chi connectivity index (χ2v) is 15.7. The maximum Gasteiger partial charge on any atom is 0.261 e. The molecule has 312 valence electrons. The number of pyridine rings is 2. The minimum Gasteiger partial charge on any atom is -0.508 e. The Morgan fingerprint density at radius 2 is 1.23 bits per heavy atom. The molecule has 0 unspecified atom stereocenters. The molecule has 7 aromatic rings. The zero-order valence-corrected chi connectivity index (χ0v) is 33.9. The van der Waals surface area contributed by atoms with Gasteiger partial charge >= 0.3 is 0 Å². The van der Waals surface area contributed by atoms with Gasteiger partial charge in [0.05, 0.1) is 14.0 Å². The molecule has 7 rings (SSSR count). The standard InChI is InChI=1S/C27H26N2O3.C20H20N2O3.CH3F.CH4/c1-27(2,3)22-14-13-19(15-24(22)30)29-26(31)21-16-28-23-12-8-7-11-20(23)25(21)32-17-18-9-5-4-6-10-18;1-20(2,3)15-9-8-12(10-17(15)23)22-19(25)14-11-21-16-7-5-4-6-13(16)18(14)24;1-2;/h4-16,30H,17H2,1-3H3,(H,29,31);4-11,23H,1-3H3,(H,21,24)(H,22,25);1H3;1H4/i;;1D;. The fourth-order valence-corrected chi connectivity index (χ4v) is 6.38. The Hall–Kier alpha value is -7.01. The third kappa shape index (κ3) is 10.9. The molecule has 0 aliphatic carbocycles. The summed E-state index contributed by atoms with van der Waals surface area (Å²) in [5.41, 5.74) is 4.59. The number of H-pyrrole nitrogens is 1. The van der Waals surface area contributed by atoms with Crippen molar-refractivity contribution < 1.29 is 30.3 Å². The average molecular weight is 814 g/mol. The number of hydrogen-bond acceptors (Lipinski definition) is 7. The lowest BCUT2D eigenvalue weighted by atomic mass is 9.86. The normalized spacial score (nSPS) is 11.2. The number of benzene rings is 5. The summed E-state index contributed by atoms with van der Waals surface area (Å²) in [6.45, 7) is 12.4. The molecule has 2 amide bonds. The summed E-state index contributed by atoms with van der Waals surface area (Å²) in [5, 5.41) is 27.4. The van der Waals surface area contributed by atoms with Gasteiger partial charge in [-0.25, -0.2) is 0 Å². The van der Waals surface area contributed by atoms with Gasteiger partial charge in [0.2, 0.25) is 5.43 Å². The van der Waals surface area contributed by atoms with E-state index in [0.29, 0.717) is 40.2 Å². The van der Waals surface area contributed by atoms with Crippen molar-refractivity contribution in [3.63, 3.8) is 0 Å². The van der Waals surface area contributed by atoms with Crippen LogP contribution in [0.2, 0.25) is 0 Å². The van der Waals surface area contributed by atoms with E-state index >= 15 is 0 Å². The molecule has 0 saturated carbocycles. The Morgan fingerprint density at radius 1 is 0.733 bits per heavy atom. The summed E-state index contributed by atoms with van der Waals surface area (Å²) >= 11 is 0. The van der Waals surface area contributed by atoms with Crippen molar-refractivity contribution in [3.8, 4) is 17.2 Å². The predicted molar refractivity (Wildman–Crippen MR) is 240 cm³/mol. The largest absolute Gasteiger partial charge is 0.508 e. The second-order valence-electron chi connectivity index (χ2n) is 15.7. The maximum atomic E-state index is 13.2. The summed E-state index contributed by atoms with van der Waals surface area (Å²) in [6, 6.07) is 34.6. The highest BCUT2D eigenvalue weighted by atomic mass is 19.1. The number of aromatic hydroxyl groups is 2. The molecule has 2 aromatic heterocycles. The lowest BCUT2D eigenvalue weighted by molar-refractivity contribution is 0.101. The second kappa shape index (κ2) is 19.6. The van der Waals surface area contributed by atoms with Crippen molar-refractivity contribution >= 4 is 45.0 Å². The molecule has 5 N–H and O–H groups in total.